The second kappa shape index (κ2) is 4.25. The monoisotopic (exact) mass is 263 g/mol. The van der Waals surface area contributed by atoms with Crippen molar-refractivity contribution < 1.29 is 9.72 Å². The molecule has 0 fully saturated rings. The van der Waals surface area contributed by atoms with Crippen LogP contribution in [0.5, 0.6) is 0 Å². The summed E-state index contributed by atoms with van der Waals surface area (Å²) in [5, 5.41) is 11.1. The Labute approximate surface area is 105 Å². The number of hydrogen-bond acceptors (Lipinski definition) is 6. The fraction of sp³-hybridized carbons (Fsp3) is 0.182. The minimum atomic E-state index is -0.948. The van der Waals surface area contributed by atoms with Gasteiger partial charge < -0.3 is 0 Å². The predicted molar refractivity (Wildman–Crippen MR) is 66.4 cm³/mol. The number of carbonyl (C=O) groups is 1. The van der Waals surface area contributed by atoms with Crippen LogP contribution in [0.3, 0.4) is 0 Å². The summed E-state index contributed by atoms with van der Waals surface area (Å²) in [6.07, 6.45) is 0. The van der Waals surface area contributed by atoms with Crippen molar-refractivity contribution in [3.63, 3.8) is 0 Å². The fourth-order valence-corrected chi connectivity index (χ4v) is 1.85. The van der Waals surface area contributed by atoms with Gasteiger partial charge in [-0.1, -0.05) is 0 Å². The number of hydrogen-bond donors (Lipinski definition) is 1. The highest BCUT2D eigenvalue weighted by molar-refractivity contribution is 6.11. The van der Waals surface area contributed by atoms with Crippen molar-refractivity contribution in [1.29, 1.82) is 0 Å². The van der Waals surface area contributed by atoms with Crippen LogP contribution in [0.2, 0.25) is 0 Å². The van der Waals surface area contributed by atoms with Crippen LogP contribution >= 0.6 is 0 Å². The van der Waals surface area contributed by atoms with Gasteiger partial charge in [0.2, 0.25) is 10.9 Å². The summed E-state index contributed by atoms with van der Waals surface area (Å²) in [5.41, 5.74) is -2.41. The maximum Gasteiger partial charge on any atom is 0.281 e. The molecule has 2 N–H and O–H groups in total. The van der Waals surface area contributed by atoms with E-state index >= 15 is 0 Å². The number of nitrogens with zero attached hydrogens (tertiary/aromatic N) is 2. The first-order chi connectivity index (χ1) is 8.90. The number of carbonyl (C=O) groups excluding carboxylic acids is 1. The van der Waals surface area contributed by atoms with Crippen molar-refractivity contribution in [2.45, 2.75) is 6.92 Å². The van der Waals surface area contributed by atoms with Gasteiger partial charge in [0, 0.05) is 12.6 Å². The lowest BCUT2D eigenvalue weighted by Gasteiger charge is -2.15. The van der Waals surface area contributed by atoms with Crippen LogP contribution in [0, 0.1) is 10.1 Å². The van der Waals surface area contributed by atoms with Crippen molar-refractivity contribution >= 4 is 22.4 Å². The molecule has 0 spiro atoms. The van der Waals surface area contributed by atoms with Gasteiger partial charge in [-0.3, -0.25) is 29.5 Å². The molecule has 2 rings (SSSR count). The zero-order valence-corrected chi connectivity index (χ0v) is 9.87. The van der Waals surface area contributed by atoms with E-state index in [-0.39, 0.29) is 22.9 Å². The molecular formula is C11H9N3O5. The average molecular weight is 263 g/mol. The highest BCUT2D eigenvalue weighted by atomic mass is 16.6. The minimum Gasteiger partial charge on any atom is -0.285 e. The molecule has 0 saturated carbocycles. The van der Waals surface area contributed by atoms with Crippen LogP contribution in [-0.2, 0) is 0 Å². The number of non-ortho nitro benzene ring substituents is 1. The van der Waals surface area contributed by atoms with Gasteiger partial charge in [0.05, 0.1) is 15.9 Å². The number of benzene rings is 1. The fourth-order valence-electron chi connectivity index (χ4n) is 1.85. The van der Waals surface area contributed by atoms with Gasteiger partial charge in [-0.25, -0.2) is 5.84 Å². The summed E-state index contributed by atoms with van der Waals surface area (Å²) >= 11 is 0. The van der Waals surface area contributed by atoms with Crippen LogP contribution in [0.4, 0.5) is 5.69 Å². The molecule has 0 unspecified atom stereocenters. The van der Waals surface area contributed by atoms with Crippen LogP contribution in [0.15, 0.2) is 21.7 Å². The SMILES string of the molecule is CCN(N)C(=O)c1ccc([N+](=O)[O-])c2c(=O)c(=O)c12. The smallest absolute Gasteiger partial charge is 0.281 e. The summed E-state index contributed by atoms with van der Waals surface area (Å²) < 4.78 is 0. The van der Waals surface area contributed by atoms with E-state index in [4.69, 9.17) is 5.84 Å². The third-order valence-corrected chi connectivity index (χ3v) is 2.87. The molecule has 1 amide bonds. The van der Waals surface area contributed by atoms with Gasteiger partial charge in [-0.05, 0) is 13.0 Å². The Morgan fingerprint density at radius 3 is 2.42 bits per heavy atom. The highest BCUT2D eigenvalue weighted by Crippen LogP contribution is 2.25. The quantitative estimate of drug-likeness (QED) is 0.266. The third-order valence-electron chi connectivity index (χ3n) is 2.87. The largest absolute Gasteiger partial charge is 0.285 e. The van der Waals surface area contributed by atoms with Crippen LogP contribution < -0.4 is 16.7 Å². The number of amides is 1. The number of nitro benzene ring substituents is 1. The Morgan fingerprint density at radius 1 is 1.32 bits per heavy atom. The van der Waals surface area contributed by atoms with E-state index in [1.54, 1.807) is 6.92 Å². The maximum absolute atomic E-state index is 11.9. The summed E-state index contributed by atoms with van der Waals surface area (Å²) in [5.74, 6) is 4.77. The van der Waals surface area contributed by atoms with Gasteiger partial charge in [-0.15, -0.1) is 0 Å². The molecule has 0 bridgehead atoms. The number of rotatable bonds is 3. The summed E-state index contributed by atoms with van der Waals surface area (Å²) in [6, 6.07) is 2.17. The number of hydrazine groups is 1. The molecule has 8 heteroatoms. The van der Waals surface area contributed by atoms with Gasteiger partial charge in [0.1, 0.15) is 5.39 Å². The van der Waals surface area contributed by atoms with Crippen molar-refractivity contribution in [3.8, 4) is 0 Å². The molecule has 2 aromatic carbocycles. The molecule has 0 saturated heterocycles. The second-order valence-corrected chi connectivity index (χ2v) is 3.89. The molecule has 2 aromatic rings. The molecule has 0 aromatic heterocycles. The minimum absolute atomic E-state index is 0.0884. The predicted octanol–water partition coefficient (Wildman–Crippen LogP) is -0.320. The molecule has 0 aliphatic carbocycles. The van der Waals surface area contributed by atoms with E-state index in [1.807, 2.05) is 0 Å². The average Bonchev–Trinajstić information content (AvgIpc) is 2.42. The third kappa shape index (κ3) is 1.69. The van der Waals surface area contributed by atoms with Crippen LogP contribution in [-0.4, -0.2) is 22.4 Å². The Bertz CT molecular complexity index is 772. The van der Waals surface area contributed by atoms with Gasteiger partial charge in [-0.2, -0.15) is 0 Å². The van der Waals surface area contributed by atoms with E-state index in [2.05, 4.69) is 0 Å². The topological polar surface area (TPSA) is 124 Å². The van der Waals surface area contributed by atoms with E-state index in [0.29, 0.717) is 0 Å². The number of fused-ring (bicyclic) bond motifs is 1. The van der Waals surface area contributed by atoms with Crippen molar-refractivity contribution in [1.82, 2.24) is 5.01 Å². The zero-order valence-electron chi connectivity index (χ0n) is 9.87. The normalized spacial score (nSPS) is 10.8. The van der Waals surface area contributed by atoms with Gasteiger partial charge in [0.15, 0.2) is 0 Å². The van der Waals surface area contributed by atoms with Crippen molar-refractivity contribution in [2.75, 3.05) is 6.54 Å². The van der Waals surface area contributed by atoms with Crippen molar-refractivity contribution in [2.24, 2.45) is 5.84 Å². The van der Waals surface area contributed by atoms with E-state index < -0.39 is 27.4 Å². The molecule has 0 radical (unpaired) electrons. The van der Waals surface area contributed by atoms with E-state index in [1.165, 1.54) is 0 Å². The Kier molecular flexibility index (Phi) is 2.87. The van der Waals surface area contributed by atoms with E-state index in [9.17, 15) is 24.5 Å². The highest BCUT2D eigenvalue weighted by Gasteiger charge is 2.29. The first-order valence-electron chi connectivity index (χ1n) is 5.37. The lowest BCUT2D eigenvalue weighted by atomic mass is 9.97. The second-order valence-electron chi connectivity index (χ2n) is 3.89. The maximum atomic E-state index is 11.9. The molecule has 0 heterocycles. The Hall–Kier alpha value is -2.61. The van der Waals surface area contributed by atoms with E-state index in [0.717, 1.165) is 17.1 Å². The lowest BCUT2D eigenvalue weighted by Crippen LogP contribution is -2.40. The Morgan fingerprint density at radius 2 is 1.89 bits per heavy atom. The molecule has 0 aliphatic rings. The standard InChI is InChI=1S/C11H9N3O5/c1-2-13(12)11(17)5-3-4-6(14(18)19)8-7(5)9(15)10(8)16/h3-4H,2,12H2,1H3. The Balaban J connectivity index is 2.74. The van der Waals surface area contributed by atoms with Gasteiger partial charge in [0.25, 0.3) is 11.6 Å². The molecule has 19 heavy (non-hydrogen) atoms. The van der Waals surface area contributed by atoms with Gasteiger partial charge >= 0.3 is 0 Å². The summed E-state index contributed by atoms with van der Waals surface area (Å²) in [4.78, 5) is 44.7. The first kappa shape index (κ1) is 12.8. The molecule has 98 valence electrons. The van der Waals surface area contributed by atoms with Crippen LogP contribution in [0.25, 0.3) is 10.8 Å². The zero-order chi connectivity index (χ0) is 14.3. The molecule has 8 nitrogen and oxygen atoms in total. The molecule has 0 atom stereocenters. The first-order valence-corrected chi connectivity index (χ1v) is 5.37. The summed E-state index contributed by atoms with van der Waals surface area (Å²) in [6.45, 7) is 1.83. The molecular weight excluding hydrogens is 254 g/mol. The molecule has 0 aliphatic heterocycles. The number of nitro groups is 1. The van der Waals surface area contributed by atoms with Crippen LogP contribution in [0.1, 0.15) is 17.3 Å². The number of nitrogens with two attached hydrogens (primary N) is 1. The van der Waals surface area contributed by atoms with Crippen molar-refractivity contribution in [3.05, 3.63) is 48.3 Å². The summed E-state index contributed by atoms with van der Waals surface area (Å²) in [7, 11) is 0. The lowest BCUT2D eigenvalue weighted by molar-refractivity contribution is -0.383.